The molecule has 4 heteroatoms. The van der Waals surface area contributed by atoms with E-state index in [2.05, 4.69) is 17.1 Å². The molecule has 1 aliphatic heterocycles. The number of nitrogen functional groups attached to an aromatic ring is 1. The smallest absolute Gasteiger partial charge is 0.145 e. The van der Waals surface area contributed by atoms with Gasteiger partial charge in [-0.05, 0) is 25.5 Å². The van der Waals surface area contributed by atoms with Crippen molar-refractivity contribution in [1.29, 1.82) is 0 Å². The van der Waals surface area contributed by atoms with Crippen molar-refractivity contribution < 1.29 is 0 Å². The van der Waals surface area contributed by atoms with Crippen molar-refractivity contribution >= 4 is 17.6 Å². The Hall–Kier alpha value is -0.640. The second kappa shape index (κ2) is 3.25. The average Bonchev–Trinajstić information content (AvgIpc) is 2.54. The average molecular weight is 197 g/mol. The largest absolute Gasteiger partial charge is 0.382 e. The highest BCUT2D eigenvalue weighted by Gasteiger charge is 2.31. The summed E-state index contributed by atoms with van der Waals surface area (Å²) < 4.78 is 0.211. The Bertz CT molecular complexity index is 289. The minimum absolute atomic E-state index is 0.211. The molecule has 0 saturated carbocycles. The number of H-pyrrole nitrogens is 1. The van der Waals surface area contributed by atoms with Crippen molar-refractivity contribution in [2.75, 3.05) is 11.5 Å². The Morgan fingerprint density at radius 3 is 3.00 bits per heavy atom. The minimum Gasteiger partial charge on any atom is -0.382 e. The fraction of sp³-hybridized carbons (Fsp3) is 0.667. The van der Waals surface area contributed by atoms with Gasteiger partial charge in [-0.25, -0.2) is 0 Å². The maximum atomic E-state index is 5.59. The number of hydrogen-bond acceptors (Lipinski definition) is 3. The molecule has 1 aromatic heterocycles. The maximum absolute atomic E-state index is 5.59. The van der Waals surface area contributed by atoms with E-state index in [1.165, 1.54) is 30.7 Å². The van der Waals surface area contributed by atoms with Crippen molar-refractivity contribution in [3.8, 4) is 0 Å². The highest BCUT2D eigenvalue weighted by molar-refractivity contribution is 8.00. The van der Waals surface area contributed by atoms with Crippen LogP contribution in [0.3, 0.4) is 0 Å². The van der Waals surface area contributed by atoms with E-state index in [9.17, 15) is 0 Å². The van der Waals surface area contributed by atoms with E-state index in [4.69, 9.17) is 5.73 Å². The molecule has 3 nitrogen and oxygen atoms in total. The Morgan fingerprint density at radius 2 is 2.46 bits per heavy atom. The molecule has 0 aromatic carbocycles. The van der Waals surface area contributed by atoms with E-state index in [-0.39, 0.29) is 4.75 Å². The molecule has 13 heavy (non-hydrogen) atoms. The molecule has 0 radical (unpaired) electrons. The third kappa shape index (κ3) is 1.68. The second-order valence-electron chi connectivity index (χ2n) is 3.74. The van der Waals surface area contributed by atoms with Crippen LogP contribution in [0.15, 0.2) is 6.07 Å². The molecule has 72 valence electrons. The van der Waals surface area contributed by atoms with E-state index in [1.54, 1.807) is 0 Å². The van der Waals surface area contributed by atoms with Crippen LogP contribution in [0.25, 0.3) is 0 Å². The van der Waals surface area contributed by atoms with E-state index < -0.39 is 0 Å². The third-order valence-electron chi connectivity index (χ3n) is 2.64. The summed E-state index contributed by atoms with van der Waals surface area (Å²) in [7, 11) is 0. The third-order valence-corrected chi connectivity index (χ3v) is 4.19. The standard InChI is InChI=1S/C9H15N3S/c1-9(4-2-3-5-13-9)7-6-8(10)12-11-7/h6H,2-5H2,1H3,(H3,10,11,12). The summed E-state index contributed by atoms with van der Waals surface area (Å²) in [5, 5.41) is 7.00. The van der Waals surface area contributed by atoms with Gasteiger partial charge in [-0.1, -0.05) is 6.42 Å². The Kier molecular flexibility index (Phi) is 2.24. The van der Waals surface area contributed by atoms with Gasteiger partial charge in [-0.2, -0.15) is 5.10 Å². The van der Waals surface area contributed by atoms with Crippen LogP contribution < -0.4 is 5.73 Å². The first-order valence-corrected chi connectivity index (χ1v) is 5.65. The van der Waals surface area contributed by atoms with Gasteiger partial charge >= 0.3 is 0 Å². The molecule has 0 aliphatic carbocycles. The fourth-order valence-corrected chi connectivity index (χ4v) is 3.10. The van der Waals surface area contributed by atoms with Crippen LogP contribution in [0.1, 0.15) is 31.9 Å². The number of nitrogens with zero attached hydrogens (tertiary/aromatic N) is 1. The zero-order valence-electron chi connectivity index (χ0n) is 7.84. The van der Waals surface area contributed by atoms with Crippen molar-refractivity contribution in [1.82, 2.24) is 10.2 Å². The van der Waals surface area contributed by atoms with Crippen molar-refractivity contribution in [2.24, 2.45) is 0 Å². The quantitative estimate of drug-likeness (QED) is 0.725. The van der Waals surface area contributed by atoms with Crippen LogP contribution in [0.5, 0.6) is 0 Å². The first kappa shape index (κ1) is 8.94. The molecule has 1 unspecified atom stereocenters. The monoisotopic (exact) mass is 197 g/mol. The van der Waals surface area contributed by atoms with E-state index in [1.807, 2.05) is 17.8 Å². The van der Waals surface area contributed by atoms with Gasteiger partial charge in [0.25, 0.3) is 0 Å². The lowest BCUT2D eigenvalue weighted by atomic mass is 9.99. The topological polar surface area (TPSA) is 54.7 Å². The van der Waals surface area contributed by atoms with E-state index >= 15 is 0 Å². The SMILES string of the molecule is CC1(c2cc(N)n[nH]2)CCCCS1. The van der Waals surface area contributed by atoms with Crippen LogP contribution >= 0.6 is 11.8 Å². The van der Waals surface area contributed by atoms with Gasteiger partial charge in [0.05, 0.1) is 10.4 Å². The van der Waals surface area contributed by atoms with Crippen LogP contribution in [0.2, 0.25) is 0 Å². The van der Waals surface area contributed by atoms with Gasteiger partial charge in [0.15, 0.2) is 0 Å². The highest BCUT2D eigenvalue weighted by Crippen LogP contribution is 2.43. The van der Waals surface area contributed by atoms with Gasteiger partial charge < -0.3 is 5.73 Å². The first-order valence-electron chi connectivity index (χ1n) is 4.66. The molecule has 1 saturated heterocycles. The van der Waals surface area contributed by atoms with Crippen molar-refractivity contribution in [3.63, 3.8) is 0 Å². The Labute approximate surface area is 82.5 Å². The summed E-state index contributed by atoms with van der Waals surface area (Å²) in [4.78, 5) is 0. The Balaban J connectivity index is 2.22. The lowest BCUT2D eigenvalue weighted by Gasteiger charge is -2.31. The Morgan fingerprint density at radius 1 is 1.62 bits per heavy atom. The number of anilines is 1. The first-order chi connectivity index (χ1) is 6.21. The number of hydrogen-bond donors (Lipinski definition) is 2. The summed E-state index contributed by atoms with van der Waals surface area (Å²) in [6.07, 6.45) is 3.87. The molecular formula is C9H15N3S. The molecule has 3 N–H and O–H groups in total. The van der Waals surface area contributed by atoms with Crippen molar-refractivity contribution in [3.05, 3.63) is 11.8 Å². The van der Waals surface area contributed by atoms with Crippen LogP contribution in [-0.2, 0) is 4.75 Å². The van der Waals surface area contributed by atoms with E-state index in [0.29, 0.717) is 5.82 Å². The molecule has 2 rings (SSSR count). The number of nitrogens with one attached hydrogen (secondary N) is 1. The number of aromatic nitrogens is 2. The number of rotatable bonds is 1. The predicted octanol–water partition coefficient (Wildman–Crippen LogP) is 2.12. The summed E-state index contributed by atoms with van der Waals surface area (Å²) in [5.74, 6) is 1.84. The molecule has 1 aliphatic rings. The second-order valence-corrected chi connectivity index (χ2v) is 5.34. The molecule has 2 heterocycles. The van der Waals surface area contributed by atoms with Gasteiger partial charge in [-0.15, -0.1) is 11.8 Å². The highest BCUT2D eigenvalue weighted by atomic mass is 32.2. The van der Waals surface area contributed by atoms with Crippen LogP contribution in [-0.4, -0.2) is 16.0 Å². The molecule has 1 aromatic rings. The summed E-state index contributed by atoms with van der Waals surface area (Å²) >= 11 is 2.01. The van der Waals surface area contributed by atoms with Gasteiger partial charge in [0, 0.05) is 6.07 Å². The molecule has 0 amide bonds. The number of aromatic amines is 1. The summed E-state index contributed by atoms with van der Waals surface area (Å²) in [6.45, 7) is 2.27. The van der Waals surface area contributed by atoms with Gasteiger partial charge in [-0.3, -0.25) is 5.10 Å². The zero-order valence-corrected chi connectivity index (χ0v) is 8.66. The molecule has 0 spiro atoms. The van der Waals surface area contributed by atoms with Crippen LogP contribution in [0.4, 0.5) is 5.82 Å². The number of thioether (sulfide) groups is 1. The summed E-state index contributed by atoms with van der Waals surface area (Å²) in [6, 6.07) is 1.96. The normalized spacial score (nSPS) is 29.0. The lowest BCUT2D eigenvalue weighted by Crippen LogP contribution is -2.22. The molecule has 0 bridgehead atoms. The van der Waals surface area contributed by atoms with Gasteiger partial charge in [0.1, 0.15) is 5.82 Å². The van der Waals surface area contributed by atoms with E-state index in [0.717, 1.165) is 0 Å². The predicted molar refractivity (Wildman–Crippen MR) is 56.7 cm³/mol. The molecule has 1 fully saturated rings. The lowest BCUT2D eigenvalue weighted by molar-refractivity contribution is 0.545. The molecular weight excluding hydrogens is 182 g/mol. The van der Waals surface area contributed by atoms with Crippen LogP contribution in [0, 0.1) is 0 Å². The summed E-state index contributed by atoms with van der Waals surface area (Å²) in [5.41, 5.74) is 6.77. The fourth-order valence-electron chi connectivity index (χ4n) is 1.75. The maximum Gasteiger partial charge on any atom is 0.145 e. The molecule has 1 atom stereocenters. The minimum atomic E-state index is 0.211. The zero-order chi connectivity index (χ0) is 9.31. The number of nitrogens with two attached hydrogens (primary N) is 1. The van der Waals surface area contributed by atoms with Gasteiger partial charge in [0.2, 0.25) is 0 Å². The van der Waals surface area contributed by atoms with Crippen molar-refractivity contribution in [2.45, 2.75) is 30.9 Å².